The van der Waals surface area contributed by atoms with Crippen LogP contribution in [0.5, 0.6) is 5.75 Å². The van der Waals surface area contributed by atoms with Gasteiger partial charge in [-0.1, -0.05) is 47.1 Å². The highest BCUT2D eigenvalue weighted by Gasteiger charge is 2.29. The molecule has 4 rings (SSSR count). The third-order valence-corrected chi connectivity index (χ3v) is 6.82. The van der Waals surface area contributed by atoms with E-state index in [-0.39, 0.29) is 27.7 Å². The SMILES string of the molecule is CC(Br)CCCC=Nn1c(=O)c(C2=NS(=O)(=O)c3ccccc3N2)c(O)c2ccccc21. The second-order valence-electron chi connectivity index (χ2n) is 7.40. The summed E-state index contributed by atoms with van der Waals surface area (Å²) in [6.07, 6.45) is 4.15. The van der Waals surface area contributed by atoms with Crippen molar-refractivity contribution < 1.29 is 13.5 Å². The zero-order valence-electron chi connectivity index (χ0n) is 17.2. The number of hydrogen-bond donors (Lipinski definition) is 2. The van der Waals surface area contributed by atoms with Gasteiger partial charge >= 0.3 is 0 Å². The largest absolute Gasteiger partial charge is 0.506 e. The lowest BCUT2D eigenvalue weighted by Gasteiger charge is -2.19. The highest BCUT2D eigenvalue weighted by molar-refractivity contribution is 9.09. The average molecular weight is 517 g/mol. The Kier molecular flexibility index (Phi) is 6.16. The normalized spacial score (nSPS) is 15.9. The zero-order chi connectivity index (χ0) is 22.9. The van der Waals surface area contributed by atoms with Crippen LogP contribution < -0.4 is 10.9 Å². The van der Waals surface area contributed by atoms with Crippen molar-refractivity contribution in [3.63, 3.8) is 0 Å². The van der Waals surface area contributed by atoms with Gasteiger partial charge in [-0.15, -0.1) is 4.40 Å². The van der Waals surface area contributed by atoms with Crippen LogP contribution in [0.4, 0.5) is 5.69 Å². The molecule has 1 aromatic heterocycles. The van der Waals surface area contributed by atoms with E-state index in [1.807, 2.05) is 0 Å². The second kappa shape index (κ2) is 8.87. The van der Waals surface area contributed by atoms with E-state index < -0.39 is 15.6 Å². The molecule has 0 amide bonds. The molecule has 3 aromatic rings. The van der Waals surface area contributed by atoms with Crippen molar-refractivity contribution in [1.29, 1.82) is 0 Å². The fraction of sp³-hybridized carbons (Fsp3) is 0.227. The first-order valence-corrected chi connectivity index (χ1v) is 12.4. The molecule has 1 aliphatic rings. The van der Waals surface area contributed by atoms with Gasteiger partial charge in [0.25, 0.3) is 15.6 Å². The smallest absolute Gasteiger partial charge is 0.286 e. The number of halogens is 1. The van der Waals surface area contributed by atoms with E-state index in [1.165, 1.54) is 10.7 Å². The summed E-state index contributed by atoms with van der Waals surface area (Å²) in [5.74, 6) is -0.597. The molecule has 2 heterocycles. The molecule has 0 radical (unpaired) electrons. The third-order valence-electron chi connectivity index (χ3n) is 5.03. The topological polar surface area (TPSA) is 113 Å². The summed E-state index contributed by atoms with van der Waals surface area (Å²) in [7, 11) is -4.05. The first-order chi connectivity index (χ1) is 15.3. The molecule has 0 spiro atoms. The Morgan fingerprint density at radius 2 is 1.94 bits per heavy atom. The minimum atomic E-state index is -4.05. The van der Waals surface area contributed by atoms with Gasteiger partial charge in [0.05, 0.1) is 11.2 Å². The van der Waals surface area contributed by atoms with Gasteiger partial charge in [-0.2, -0.15) is 18.2 Å². The molecule has 2 aromatic carbocycles. The molecule has 8 nitrogen and oxygen atoms in total. The Bertz CT molecular complexity index is 1410. The number of hydrogen-bond acceptors (Lipinski definition) is 6. The fourth-order valence-corrected chi connectivity index (χ4v) is 4.94. The van der Waals surface area contributed by atoms with Crippen LogP contribution in [0.3, 0.4) is 0 Å². The first-order valence-electron chi connectivity index (χ1n) is 10.0. The summed E-state index contributed by atoms with van der Waals surface area (Å²) in [5.41, 5.74) is -0.243. The van der Waals surface area contributed by atoms with E-state index in [4.69, 9.17) is 0 Å². The number of pyridine rings is 1. The Hall–Kier alpha value is -2.98. The number of fused-ring (bicyclic) bond motifs is 2. The molecular formula is C22H21BrN4O4S. The number of unbranched alkanes of at least 4 members (excludes halogenated alkanes) is 1. The molecule has 2 N–H and O–H groups in total. The van der Waals surface area contributed by atoms with Crippen LogP contribution in [0.25, 0.3) is 10.9 Å². The Balaban J connectivity index is 1.86. The molecular weight excluding hydrogens is 496 g/mol. The maximum atomic E-state index is 13.4. The number of sulfonamides is 1. The van der Waals surface area contributed by atoms with Crippen molar-refractivity contribution in [1.82, 2.24) is 4.68 Å². The first kappa shape index (κ1) is 22.2. The van der Waals surface area contributed by atoms with Crippen molar-refractivity contribution >= 4 is 54.6 Å². The van der Waals surface area contributed by atoms with Crippen molar-refractivity contribution in [2.75, 3.05) is 5.32 Å². The molecule has 0 saturated carbocycles. The minimum Gasteiger partial charge on any atom is -0.506 e. The molecule has 1 aliphatic heterocycles. The molecule has 0 saturated heterocycles. The molecule has 166 valence electrons. The number of rotatable bonds is 6. The maximum Gasteiger partial charge on any atom is 0.286 e. The number of aromatic hydroxyl groups is 1. The Morgan fingerprint density at radius 1 is 1.22 bits per heavy atom. The number of amidine groups is 1. The van der Waals surface area contributed by atoms with Crippen molar-refractivity contribution in [2.45, 2.75) is 35.9 Å². The predicted octanol–water partition coefficient (Wildman–Crippen LogP) is 4.06. The average Bonchev–Trinajstić information content (AvgIpc) is 2.75. The van der Waals surface area contributed by atoms with Crippen molar-refractivity contribution in [3.05, 3.63) is 64.4 Å². The van der Waals surface area contributed by atoms with Crippen LogP contribution in [-0.4, -0.2) is 35.1 Å². The highest BCUT2D eigenvalue weighted by atomic mass is 79.9. The van der Waals surface area contributed by atoms with Crippen LogP contribution in [0.15, 0.2) is 67.7 Å². The van der Waals surface area contributed by atoms with E-state index >= 15 is 0 Å². The summed E-state index contributed by atoms with van der Waals surface area (Å²) in [6, 6.07) is 13.0. The van der Waals surface area contributed by atoms with E-state index in [9.17, 15) is 18.3 Å². The lowest BCUT2D eigenvalue weighted by molar-refractivity contribution is 0.478. The van der Waals surface area contributed by atoms with Gasteiger partial charge in [0.15, 0.2) is 5.84 Å². The predicted molar refractivity (Wildman–Crippen MR) is 130 cm³/mol. The second-order valence-corrected chi connectivity index (χ2v) is 10.5. The lowest BCUT2D eigenvalue weighted by atomic mass is 10.1. The number of benzene rings is 2. The minimum absolute atomic E-state index is 0.00314. The van der Waals surface area contributed by atoms with Crippen LogP contribution in [0.1, 0.15) is 31.7 Å². The summed E-state index contributed by atoms with van der Waals surface area (Å²) in [5, 5.41) is 18.5. The summed E-state index contributed by atoms with van der Waals surface area (Å²) in [4.78, 5) is 13.8. The van der Waals surface area contributed by atoms with Gasteiger partial charge in [0.1, 0.15) is 16.2 Å². The van der Waals surface area contributed by atoms with Gasteiger partial charge in [-0.05, 0) is 43.5 Å². The molecule has 0 aliphatic carbocycles. The number of aromatic nitrogens is 1. The van der Waals surface area contributed by atoms with Crippen LogP contribution >= 0.6 is 15.9 Å². The molecule has 10 heteroatoms. The number of nitrogens with one attached hydrogen (secondary N) is 1. The number of para-hydroxylation sites is 2. The van der Waals surface area contributed by atoms with E-state index in [2.05, 4.69) is 37.7 Å². The van der Waals surface area contributed by atoms with Crippen LogP contribution in [0.2, 0.25) is 0 Å². The number of nitrogens with zero attached hydrogens (tertiary/aromatic N) is 3. The standard InChI is InChI=1S/C22H21BrN4O4S/c1-14(23)8-6-7-13-24-27-17-11-4-2-9-15(17)20(28)19(22(27)29)21-25-16-10-3-5-12-18(16)32(30,31)26-21/h2-5,9-14,28H,6-8H2,1H3,(H,25,26). The molecule has 0 fully saturated rings. The van der Waals surface area contributed by atoms with Crippen molar-refractivity contribution in [3.8, 4) is 5.75 Å². The monoisotopic (exact) mass is 516 g/mol. The highest BCUT2D eigenvalue weighted by Crippen LogP contribution is 2.32. The third kappa shape index (κ3) is 4.20. The lowest BCUT2D eigenvalue weighted by Crippen LogP contribution is -2.31. The summed E-state index contributed by atoms with van der Waals surface area (Å²) < 4.78 is 30.3. The van der Waals surface area contributed by atoms with Gasteiger partial charge in [-0.3, -0.25) is 4.79 Å². The van der Waals surface area contributed by atoms with E-state index in [0.29, 0.717) is 22.2 Å². The van der Waals surface area contributed by atoms with Crippen LogP contribution in [0, 0.1) is 0 Å². The number of alkyl halides is 1. The summed E-state index contributed by atoms with van der Waals surface area (Å²) >= 11 is 3.50. The quantitative estimate of drug-likeness (QED) is 0.291. The fourth-order valence-electron chi connectivity index (χ4n) is 3.49. The number of anilines is 1. The Morgan fingerprint density at radius 3 is 2.72 bits per heavy atom. The van der Waals surface area contributed by atoms with E-state index in [1.54, 1.807) is 48.7 Å². The molecule has 1 atom stereocenters. The van der Waals surface area contributed by atoms with Crippen molar-refractivity contribution in [2.24, 2.45) is 9.50 Å². The molecule has 0 bridgehead atoms. The van der Waals surface area contributed by atoms with Crippen LogP contribution in [-0.2, 0) is 10.0 Å². The Labute approximate surface area is 193 Å². The summed E-state index contributed by atoms with van der Waals surface area (Å²) in [6.45, 7) is 2.06. The van der Waals surface area contributed by atoms with Gasteiger partial charge in [0, 0.05) is 16.4 Å². The molecule has 32 heavy (non-hydrogen) atoms. The van der Waals surface area contributed by atoms with E-state index in [0.717, 1.165) is 12.8 Å². The maximum absolute atomic E-state index is 13.4. The zero-order valence-corrected chi connectivity index (χ0v) is 19.6. The van der Waals surface area contributed by atoms with Gasteiger partial charge in [0.2, 0.25) is 0 Å². The van der Waals surface area contributed by atoms with Gasteiger partial charge < -0.3 is 10.4 Å². The van der Waals surface area contributed by atoms with Gasteiger partial charge in [-0.25, -0.2) is 0 Å². The molecule has 1 unspecified atom stereocenters.